The maximum atomic E-state index is 12.3. The van der Waals surface area contributed by atoms with E-state index in [-0.39, 0.29) is 5.69 Å². The lowest BCUT2D eigenvalue weighted by Crippen LogP contribution is -2.07. The standard InChI is InChI=1S/C33H32N2O3/c36-33(37)32-27(18-9-21-38-29-19-6-13-22-12-4-5-14-24(22)29)26-15-7-16-28(31(26)35-32)30-25(17-8-20-34-30)23-10-2-1-3-11-23/h4-8,12-17,19-20,23,35H,1-3,9-11,18,21H2,(H,36,37). The van der Waals surface area contributed by atoms with Crippen LogP contribution in [-0.2, 0) is 6.42 Å². The molecule has 1 aliphatic rings. The second-order valence-electron chi connectivity index (χ2n) is 10.2. The molecule has 192 valence electrons. The molecule has 2 aromatic heterocycles. The minimum atomic E-state index is -0.939. The number of carboxylic acid groups (broad SMARTS) is 1. The summed E-state index contributed by atoms with van der Waals surface area (Å²) in [5.74, 6) is 0.418. The Balaban J connectivity index is 1.29. The van der Waals surface area contributed by atoms with Crippen LogP contribution in [0.25, 0.3) is 32.9 Å². The van der Waals surface area contributed by atoms with Gasteiger partial charge in [-0.15, -0.1) is 0 Å². The number of aromatic amines is 1. The third-order valence-electron chi connectivity index (χ3n) is 7.87. The molecule has 0 spiro atoms. The smallest absolute Gasteiger partial charge is 0.352 e. The number of aromatic carboxylic acids is 1. The van der Waals surface area contributed by atoms with Crippen LogP contribution in [0.3, 0.4) is 0 Å². The van der Waals surface area contributed by atoms with E-state index in [4.69, 9.17) is 9.72 Å². The van der Waals surface area contributed by atoms with Crippen molar-refractivity contribution in [1.82, 2.24) is 9.97 Å². The number of para-hydroxylation sites is 1. The van der Waals surface area contributed by atoms with E-state index in [0.29, 0.717) is 25.4 Å². The number of hydrogen-bond acceptors (Lipinski definition) is 3. The zero-order valence-corrected chi connectivity index (χ0v) is 21.5. The first-order valence-electron chi connectivity index (χ1n) is 13.6. The van der Waals surface area contributed by atoms with Gasteiger partial charge < -0.3 is 14.8 Å². The number of H-pyrrole nitrogens is 1. The fourth-order valence-electron chi connectivity index (χ4n) is 6.05. The molecule has 5 nitrogen and oxygen atoms in total. The van der Waals surface area contributed by atoms with Gasteiger partial charge in [0.1, 0.15) is 11.4 Å². The number of ether oxygens (including phenoxy) is 1. The predicted molar refractivity (Wildman–Crippen MR) is 152 cm³/mol. The summed E-state index contributed by atoms with van der Waals surface area (Å²) in [6, 6.07) is 24.6. The highest BCUT2D eigenvalue weighted by Crippen LogP contribution is 2.40. The van der Waals surface area contributed by atoms with E-state index < -0.39 is 5.97 Å². The van der Waals surface area contributed by atoms with Crippen molar-refractivity contribution in [2.75, 3.05) is 6.61 Å². The number of benzene rings is 3. The van der Waals surface area contributed by atoms with E-state index in [1.807, 2.05) is 48.7 Å². The molecule has 1 fully saturated rings. The van der Waals surface area contributed by atoms with Gasteiger partial charge in [0.05, 0.1) is 17.8 Å². The molecule has 2 N–H and O–H groups in total. The second-order valence-corrected chi connectivity index (χ2v) is 10.2. The lowest BCUT2D eigenvalue weighted by molar-refractivity contribution is 0.0690. The Hall–Kier alpha value is -4.12. The van der Waals surface area contributed by atoms with Crippen LogP contribution < -0.4 is 4.74 Å². The molecule has 0 amide bonds. The summed E-state index contributed by atoms with van der Waals surface area (Å²) in [7, 11) is 0. The Labute approximate surface area is 222 Å². The summed E-state index contributed by atoms with van der Waals surface area (Å²) < 4.78 is 6.14. The van der Waals surface area contributed by atoms with Crippen molar-refractivity contribution >= 4 is 27.6 Å². The Morgan fingerprint density at radius 2 is 1.71 bits per heavy atom. The van der Waals surface area contributed by atoms with Gasteiger partial charge >= 0.3 is 5.97 Å². The number of carboxylic acids is 1. The molecule has 5 heteroatoms. The summed E-state index contributed by atoms with van der Waals surface area (Å²) in [5.41, 5.74) is 5.15. The number of pyridine rings is 1. The summed E-state index contributed by atoms with van der Waals surface area (Å²) >= 11 is 0. The fraction of sp³-hybridized carbons (Fsp3) is 0.273. The van der Waals surface area contributed by atoms with Crippen molar-refractivity contribution < 1.29 is 14.6 Å². The first kappa shape index (κ1) is 24.2. The van der Waals surface area contributed by atoms with Crippen LogP contribution in [0, 0.1) is 0 Å². The topological polar surface area (TPSA) is 75.2 Å². The van der Waals surface area contributed by atoms with Gasteiger partial charge in [-0.1, -0.05) is 79.9 Å². The van der Waals surface area contributed by atoms with Crippen LogP contribution in [0.5, 0.6) is 5.75 Å². The first-order chi connectivity index (χ1) is 18.7. The van der Waals surface area contributed by atoms with Crippen LogP contribution in [-0.4, -0.2) is 27.7 Å². The lowest BCUT2D eigenvalue weighted by atomic mass is 9.82. The van der Waals surface area contributed by atoms with Crippen molar-refractivity contribution in [3.8, 4) is 17.0 Å². The fourth-order valence-corrected chi connectivity index (χ4v) is 6.05. The molecule has 0 saturated heterocycles. The molecule has 3 aromatic carbocycles. The van der Waals surface area contributed by atoms with Crippen molar-refractivity contribution in [2.24, 2.45) is 0 Å². The largest absolute Gasteiger partial charge is 0.493 e. The molecule has 0 radical (unpaired) electrons. The molecular weight excluding hydrogens is 472 g/mol. The first-order valence-corrected chi connectivity index (χ1v) is 13.6. The summed E-state index contributed by atoms with van der Waals surface area (Å²) in [6.45, 7) is 0.505. The Morgan fingerprint density at radius 3 is 2.58 bits per heavy atom. The summed E-state index contributed by atoms with van der Waals surface area (Å²) in [5, 5.41) is 13.2. The highest BCUT2D eigenvalue weighted by atomic mass is 16.5. The second kappa shape index (κ2) is 10.7. The van der Waals surface area contributed by atoms with Crippen LogP contribution in [0.15, 0.2) is 79.0 Å². The van der Waals surface area contributed by atoms with Crippen LogP contribution >= 0.6 is 0 Å². The normalized spacial score (nSPS) is 14.2. The number of aromatic nitrogens is 2. The van der Waals surface area contributed by atoms with E-state index in [1.54, 1.807) is 0 Å². The molecule has 38 heavy (non-hydrogen) atoms. The minimum absolute atomic E-state index is 0.257. The van der Waals surface area contributed by atoms with Crippen molar-refractivity contribution in [3.05, 3.63) is 95.8 Å². The number of hydrogen-bond donors (Lipinski definition) is 2. The van der Waals surface area contributed by atoms with Gasteiger partial charge in [-0.25, -0.2) is 4.79 Å². The van der Waals surface area contributed by atoms with Crippen molar-refractivity contribution in [1.29, 1.82) is 0 Å². The number of carbonyl (C=O) groups is 1. The third kappa shape index (κ3) is 4.65. The zero-order valence-electron chi connectivity index (χ0n) is 21.5. The highest BCUT2D eigenvalue weighted by molar-refractivity contribution is 6.03. The van der Waals surface area contributed by atoms with E-state index in [2.05, 4.69) is 35.3 Å². The third-order valence-corrected chi connectivity index (χ3v) is 7.87. The predicted octanol–water partition coefficient (Wildman–Crippen LogP) is 8.14. The molecule has 6 rings (SSSR count). The molecular formula is C33H32N2O3. The molecule has 1 saturated carbocycles. The van der Waals surface area contributed by atoms with Crippen LogP contribution in [0.2, 0.25) is 0 Å². The van der Waals surface area contributed by atoms with Gasteiger partial charge in [0.2, 0.25) is 0 Å². The monoisotopic (exact) mass is 504 g/mol. The average molecular weight is 505 g/mol. The van der Waals surface area contributed by atoms with Crippen molar-refractivity contribution in [3.63, 3.8) is 0 Å². The van der Waals surface area contributed by atoms with Crippen molar-refractivity contribution in [2.45, 2.75) is 50.9 Å². The maximum absolute atomic E-state index is 12.3. The highest BCUT2D eigenvalue weighted by Gasteiger charge is 2.23. The molecule has 0 atom stereocenters. The number of nitrogens with zero attached hydrogens (tertiary/aromatic N) is 1. The van der Waals surface area contributed by atoms with Gasteiger partial charge in [-0.05, 0) is 60.2 Å². The Morgan fingerprint density at radius 1 is 0.921 bits per heavy atom. The zero-order chi connectivity index (χ0) is 25.9. The van der Waals surface area contributed by atoms with Gasteiger partial charge in [0.25, 0.3) is 0 Å². The quantitative estimate of drug-likeness (QED) is 0.209. The van der Waals surface area contributed by atoms with Gasteiger partial charge in [0, 0.05) is 22.5 Å². The van der Waals surface area contributed by atoms with Crippen LogP contribution in [0.1, 0.15) is 66.1 Å². The molecule has 0 unspecified atom stereocenters. The average Bonchev–Trinajstić information content (AvgIpc) is 3.35. The lowest BCUT2D eigenvalue weighted by Gasteiger charge is -2.24. The number of nitrogens with one attached hydrogen (secondary N) is 1. The van der Waals surface area contributed by atoms with Gasteiger partial charge in [-0.2, -0.15) is 0 Å². The summed E-state index contributed by atoms with van der Waals surface area (Å²) in [4.78, 5) is 20.3. The Kier molecular flexibility index (Phi) is 6.82. The van der Waals surface area contributed by atoms with E-state index in [1.165, 1.54) is 37.7 Å². The SMILES string of the molecule is O=C(O)c1[nH]c2c(-c3ncccc3C3CCCCC3)cccc2c1CCCOc1cccc2ccccc12. The maximum Gasteiger partial charge on any atom is 0.352 e. The molecule has 2 heterocycles. The molecule has 1 aliphatic carbocycles. The number of rotatable bonds is 8. The van der Waals surface area contributed by atoms with E-state index in [9.17, 15) is 9.90 Å². The van der Waals surface area contributed by atoms with Gasteiger partial charge in [-0.3, -0.25) is 4.98 Å². The van der Waals surface area contributed by atoms with Gasteiger partial charge in [0.15, 0.2) is 0 Å². The minimum Gasteiger partial charge on any atom is -0.493 e. The van der Waals surface area contributed by atoms with E-state index >= 15 is 0 Å². The number of fused-ring (bicyclic) bond motifs is 2. The molecule has 0 aliphatic heterocycles. The molecule has 5 aromatic rings. The summed E-state index contributed by atoms with van der Waals surface area (Å²) in [6.07, 6.45) is 9.31. The number of aryl methyl sites for hydroxylation is 1. The van der Waals surface area contributed by atoms with Crippen LogP contribution in [0.4, 0.5) is 0 Å². The molecule has 0 bridgehead atoms. The Bertz CT molecular complexity index is 1590. The van der Waals surface area contributed by atoms with E-state index in [0.717, 1.165) is 44.2 Å².